The topological polar surface area (TPSA) is 67.2 Å². The molecule has 2 N–H and O–H groups in total. The summed E-state index contributed by atoms with van der Waals surface area (Å²) < 4.78 is 1.22. The summed E-state index contributed by atoms with van der Waals surface area (Å²) in [7, 11) is 0. The van der Waals surface area contributed by atoms with E-state index in [1.165, 1.54) is 10.9 Å². The molecule has 0 saturated carbocycles. The summed E-state index contributed by atoms with van der Waals surface area (Å²) in [5.41, 5.74) is -0.798. The van der Waals surface area contributed by atoms with Crippen molar-refractivity contribution < 1.29 is 5.11 Å². The van der Waals surface area contributed by atoms with Gasteiger partial charge in [-0.05, 0) is 13.3 Å². The van der Waals surface area contributed by atoms with Crippen LogP contribution in [0.25, 0.3) is 0 Å². The molecule has 1 atom stereocenters. The Kier molecular flexibility index (Phi) is 4.93. The summed E-state index contributed by atoms with van der Waals surface area (Å²) in [6.45, 7) is 7.74. The van der Waals surface area contributed by atoms with E-state index in [0.717, 1.165) is 0 Å². The number of hydrogen-bond acceptors (Lipinski definition) is 4. The van der Waals surface area contributed by atoms with Crippen LogP contribution in [0.15, 0.2) is 23.6 Å². The van der Waals surface area contributed by atoms with Gasteiger partial charge in [-0.1, -0.05) is 24.6 Å². The van der Waals surface area contributed by atoms with Gasteiger partial charge in [0.25, 0.3) is 5.56 Å². The highest BCUT2D eigenvalue weighted by Gasteiger charge is 2.18. The highest BCUT2D eigenvalue weighted by atomic mass is 35.5. The van der Waals surface area contributed by atoms with Gasteiger partial charge in [-0.3, -0.25) is 4.79 Å². The molecule has 0 radical (unpaired) electrons. The molecule has 1 aromatic heterocycles. The van der Waals surface area contributed by atoms with Crippen molar-refractivity contribution in [3.8, 4) is 0 Å². The molecule has 100 valence electrons. The second kappa shape index (κ2) is 6.02. The van der Waals surface area contributed by atoms with Gasteiger partial charge in [-0.2, -0.15) is 5.10 Å². The van der Waals surface area contributed by atoms with Crippen molar-refractivity contribution in [3.05, 3.63) is 34.2 Å². The van der Waals surface area contributed by atoms with Crippen LogP contribution in [0.2, 0.25) is 5.02 Å². The van der Waals surface area contributed by atoms with E-state index in [-0.39, 0.29) is 10.6 Å². The largest absolute Gasteiger partial charge is 0.388 e. The first-order chi connectivity index (χ1) is 8.41. The minimum Gasteiger partial charge on any atom is -0.388 e. The van der Waals surface area contributed by atoms with Crippen molar-refractivity contribution in [2.24, 2.45) is 0 Å². The third-order valence-corrected chi connectivity index (χ3v) is 3.07. The summed E-state index contributed by atoms with van der Waals surface area (Å²) in [5.74, 6) is 0. The molecular formula is C12H18ClN3O2. The van der Waals surface area contributed by atoms with Crippen LogP contribution in [0.3, 0.4) is 0 Å². The van der Waals surface area contributed by atoms with E-state index in [9.17, 15) is 9.90 Å². The van der Waals surface area contributed by atoms with Crippen molar-refractivity contribution in [1.29, 1.82) is 0 Å². The molecule has 0 fully saturated rings. The predicted molar refractivity (Wildman–Crippen MR) is 73.1 cm³/mol. The monoisotopic (exact) mass is 271 g/mol. The molecule has 5 nitrogen and oxygen atoms in total. The Morgan fingerprint density at radius 1 is 1.72 bits per heavy atom. The van der Waals surface area contributed by atoms with Gasteiger partial charge in [0.2, 0.25) is 0 Å². The fourth-order valence-electron chi connectivity index (χ4n) is 1.25. The third kappa shape index (κ3) is 3.58. The molecule has 0 spiro atoms. The number of hydrogen-bond donors (Lipinski definition) is 2. The fraction of sp³-hybridized carbons (Fsp3) is 0.500. The van der Waals surface area contributed by atoms with Crippen LogP contribution >= 0.6 is 11.6 Å². The molecule has 0 saturated heterocycles. The van der Waals surface area contributed by atoms with E-state index in [1.54, 1.807) is 13.0 Å². The van der Waals surface area contributed by atoms with Gasteiger partial charge in [0.15, 0.2) is 0 Å². The van der Waals surface area contributed by atoms with Crippen LogP contribution in [0.5, 0.6) is 0 Å². The van der Waals surface area contributed by atoms with Gasteiger partial charge in [-0.25, -0.2) is 4.68 Å². The number of nitrogens with one attached hydrogen (secondary N) is 1. The van der Waals surface area contributed by atoms with Crippen LogP contribution in [0.4, 0.5) is 5.69 Å². The normalized spacial score (nSPS) is 14.0. The minimum absolute atomic E-state index is 0.0683. The quantitative estimate of drug-likeness (QED) is 0.772. The Morgan fingerprint density at radius 2 is 2.39 bits per heavy atom. The number of anilines is 1. The Hall–Kier alpha value is -1.33. The molecule has 18 heavy (non-hydrogen) atoms. The van der Waals surface area contributed by atoms with Gasteiger partial charge < -0.3 is 10.4 Å². The van der Waals surface area contributed by atoms with Crippen LogP contribution in [-0.2, 0) is 6.54 Å². The molecular weight excluding hydrogens is 254 g/mol. The van der Waals surface area contributed by atoms with Crippen LogP contribution < -0.4 is 10.9 Å². The zero-order valence-electron chi connectivity index (χ0n) is 10.6. The lowest BCUT2D eigenvalue weighted by molar-refractivity contribution is 0.0697. The van der Waals surface area contributed by atoms with Gasteiger partial charge >= 0.3 is 0 Å². The molecule has 1 rings (SSSR count). The maximum atomic E-state index is 11.8. The molecule has 1 heterocycles. The van der Waals surface area contributed by atoms with Crippen molar-refractivity contribution >= 4 is 17.3 Å². The molecule has 0 bridgehead atoms. The van der Waals surface area contributed by atoms with Crippen LogP contribution in [-0.4, -0.2) is 27.0 Å². The molecule has 1 aromatic rings. The molecule has 0 aliphatic rings. The Labute approximate surface area is 111 Å². The first kappa shape index (κ1) is 14.7. The van der Waals surface area contributed by atoms with E-state index in [4.69, 9.17) is 11.6 Å². The summed E-state index contributed by atoms with van der Waals surface area (Å²) in [4.78, 5) is 11.8. The van der Waals surface area contributed by atoms with Crippen LogP contribution in [0, 0.1) is 0 Å². The van der Waals surface area contributed by atoms with Gasteiger partial charge in [0.1, 0.15) is 5.02 Å². The first-order valence-electron chi connectivity index (χ1n) is 5.74. The standard InChI is InChI=1S/C12H18ClN3O2/c1-4-6-16-11(17)10(13)9(7-15-16)14-8-12(3,18)5-2/h4,7,14,18H,1,5-6,8H2,2-3H3. The van der Waals surface area contributed by atoms with E-state index < -0.39 is 5.60 Å². The number of aromatic nitrogens is 2. The van der Waals surface area contributed by atoms with Crippen LogP contribution in [0.1, 0.15) is 20.3 Å². The van der Waals surface area contributed by atoms with E-state index in [2.05, 4.69) is 17.0 Å². The zero-order chi connectivity index (χ0) is 13.8. The zero-order valence-corrected chi connectivity index (χ0v) is 11.4. The Morgan fingerprint density at radius 3 is 2.94 bits per heavy atom. The summed E-state index contributed by atoms with van der Waals surface area (Å²) in [6, 6.07) is 0. The Bertz CT molecular complexity index is 483. The lowest BCUT2D eigenvalue weighted by atomic mass is 10.0. The fourth-order valence-corrected chi connectivity index (χ4v) is 1.46. The lowest BCUT2D eigenvalue weighted by Crippen LogP contribution is -2.33. The molecule has 6 heteroatoms. The smallest absolute Gasteiger partial charge is 0.287 e. The summed E-state index contributed by atoms with van der Waals surface area (Å²) in [6.07, 6.45) is 3.64. The number of allylic oxidation sites excluding steroid dienone is 1. The molecule has 1 unspecified atom stereocenters. The number of aliphatic hydroxyl groups is 1. The second-order valence-corrected chi connectivity index (χ2v) is 4.73. The lowest BCUT2D eigenvalue weighted by Gasteiger charge is -2.22. The molecule has 0 aliphatic carbocycles. The van der Waals surface area contributed by atoms with Gasteiger partial charge in [0, 0.05) is 6.54 Å². The van der Waals surface area contributed by atoms with Gasteiger partial charge in [0.05, 0.1) is 24.0 Å². The van der Waals surface area contributed by atoms with E-state index >= 15 is 0 Å². The highest BCUT2D eigenvalue weighted by Crippen LogP contribution is 2.17. The van der Waals surface area contributed by atoms with E-state index in [1.807, 2.05) is 6.92 Å². The third-order valence-electron chi connectivity index (χ3n) is 2.71. The van der Waals surface area contributed by atoms with Crippen molar-refractivity contribution in [2.75, 3.05) is 11.9 Å². The Balaban J connectivity index is 2.89. The first-order valence-corrected chi connectivity index (χ1v) is 6.12. The predicted octanol–water partition coefficient (Wildman–Crippen LogP) is 1.66. The summed E-state index contributed by atoms with van der Waals surface area (Å²) in [5, 5.41) is 16.8. The number of nitrogens with zero attached hydrogens (tertiary/aromatic N) is 2. The number of rotatable bonds is 6. The second-order valence-electron chi connectivity index (χ2n) is 4.35. The van der Waals surface area contributed by atoms with Crippen molar-refractivity contribution in [1.82, 2.24) is 9.78 Å². The van der Waals surface area contributed by atoms with E-state index in [0.29, 0.717) is 25.2 Å². The maximum Gasteiger partial charge on any atom is 0.287 e. The average Bonchev–Trinajstić information content (AvgIpc) is 2.34. The molecule has 0 amide bonds. The highest BCUT2D eigenvalue weighted by molar-refractivity contribution is 6.32. The molecule has 0 aliphatic heterocycles. The molecule has 0 aromatic carbocycles. The van der Waals surface area contributed by atoms with Gasteiger partial charge in [-0.15, -0.1) is 6.58 Å². The minimum atomic E-state index is -0.848. The number of halogens is 1. The summed E-state index contributed by atoms with van der Waals surface area (Å²) >= 11 is 5.95. The average molecular weight is 272 g/mol. The van der Waals surface area contributed by atoms with Crippen molar-refractivity contribution in [3.63, 3.8) is 0 Å². The SMILES string of the molecule is C=CCn1ncc(NCC(C)(O)CC)c(Cl)c1=O. The van der Waals surface area contributed by atoms with Crippen molar-refractivity contribution in [2.45, 2.75) is 32.4 Å². The maximum absolute atomic E-state index is 11.8.